The quantitative estimate of drug-likeness (QED) is 0.481. The molecule has 6 rings (SSSR count). The Balaban J connectivity index is 1.45. The lowest BCUT2D eigenvalue weighted by Gasteiger charge is -2.26. The highest BCUT2D eigenvalue weighted by molar-refractivity contribution is 6.38. The molecular weight excluding hydrogens is 398 g/mol. The maximum absolute atomic E-state index is 5.02. The number of hydrogen-bond acceptors (Lipinski definition) is 5. The molecule has 7 nitrogen and oxygen atoms in total. The van der Waals surface area contributed by atoms with Crippen LogP contribution in [-0.2, 0) is 7.05 Å². The van der Waals surface area contributed by atoms with Crippen LogP contribution in [-0.4, -0.2) is 27.8 Å². The summed E-state index contributed by atoms with van der Waals surface area (Å²) < 4.78 is 1.98. The van der Waals surface area contributed by atoms with Crippen LogP contribution < -0.4 is 9.91 Å². The van der Waals surface area contributed by atoms with Crippen molar-refractivity contribution in [3.05, 3.63) is 91.4 Å². The van der Waals surface area contributed by atoms with Gasteiger partial charge in [0.05, 0.1) is 17.9 Å². The van der Waals surface area contributed by atoms with Crippen LogP contribution in [0.25, 0.3) is 22.0 Å². The molecule has 1 N–H and O–H groups in total. The van der Waals surface area contributed by atoms with E-state index in [1.807, 2.05) is 66.6 Å². The van der Waals surface area contributed by atoms with E-state index in [-0.39, 0.29) is 4.59 Å². The minimum absolute atomic E-state index is 0.130. The summed E-state index contributed by atoms with van der Waals surface area (Å²) in [6, 6.07) is 24.7. The van der Waals surface area contributed by atoms with E-state index in [1.54, 1.807) is 12.4 Å². The fourth-order valence-corrected chi connectivity index (χ4v) is 4.17. The normalized spacial score (nSPS) is 19.0. The number of aliphatic imine (C=N–C) groups is 2. The van der Waals surface area contributed by atoms with Crippen LogP contribution in [0.1, 0.15) is 0 Å². The van der Waals surface area contributed by atoms with Crippen molar-refractivity contribution >= 4 is 40.3 Å². The number of para-hydroxylation sites is 1. The van der Waals surface area contributed by atoms with Crippen molar-refractivity contribution in [2.75, 3.05) is 5.32 Å². The number of nitrogens with one attached hydrogen (secondary N) is 1. The highest BCUT2D eigenvalue weighted by atomic mass is 15.7. The van der Waals surface area contributed by atoms with Crippen LogP contribution >= 0.6 is 0 Å². The fourth-order valence-electron chi connectivity index (χ4n) is 4.17. The minimum Gasteiger partial charge on any atom is -0.320 e. The van der Waals surface area contributed by atoms with Crippen LogP contribution in [0.5, 0.6) is 0 Å². The van der Waals surface area contributed by atoms with Gasteiger partial charge in [0.15, 0.2) is 11.9 Å². The maximum Gasteiger partial charge on any atom is 0.287 e. The molecule has 3 aromatic carbocycles. The van der Waals surface area contributed by atoms with E-state index in [1.165, 1.54) is 0 Å². The molecule has 0 spiro atoms. The van der Waals surface area contributed by atoms with Crippen molar-refractivity contribution < 1.29 is 0 Å². The van der Waals surface area contributed by atoms with Crippen LogP contribution in [0.2, 0.25) is 0 Å². The van der Waals surface area contributed by atoms with E-state index >= 15 is 0 Å². The molecule has 0 fully saturated rings. The van der Waals surface area contributed by atoms with Crippen LogP contribution in [0.3, 0.4) is 0 Å². The Morgan fingerprint density at radius 3 is 2.69 bits per heavy atom. The Labute approximate surface area is 184 Å². The summed E-state index contributed by atoms with van der Waals surface area (Å²) >= 11 is 0. The predicted molar refractivity (Wildman–Crippen MR) is 131 cm³/mol. The molecule has 1 aromatic heterocycles. The summed E-state index contributed by atoms with van der Waals surface area (Å²) in [4.78, 5) is 9.10. The molecule has 2 aliphatic heterocycles. The summed E-state index contributed by atoms with van der Waals surface area (Å²) in [5.41, 5.74) is 5.18. The van der Waals surface area contributed by atoms with Crippen LogP contribution in [0, 0.1) is 0 Å². The van der Waals surface area contributed by atoms with E-state index < -0.39 is 0 Å². The second-order valence-electron chi connectivity index (χ2n) is 7.71. The minimum atomic E-state index is 0.130. The van der Waals surface area contributed by atoms with Crippen molar-refractivity contribution in [2.45, 2.75) is 0 Å². The third-order valence-electron chi connectivity index (χ3n) is 5.74. The molecule has 1 atom stereocenters. The van der Waals surface area contributed by atoms with Gasteiger partial charge in [-0.15, -0.1) is 0 Å². The van der Waals surface area contributed by atoms with Crippen molar-refractivity contribution in [1.82, 2.24) is 14.4 Å². The van der Waals surface area contributed by atoms with Crippen molar-refractivity contribution in [3.63, 3.8) is 0 Å². The molecule has 3 heterocycles. The number of aromatic nitrogens is 2. The molecule has 0 amide bonds. The van der Waals surface area contributed by atoms with E-state index in [2.05, 4.69) is 45.7 Å². The van der Waals surface area contributed by atoms with Crippen molar-refractivity contribution in [1.29, 1.82) is 0 Å². The van der Waals surface area contributed by atoms with Gasteiger partial charge in [-0.3, -0.25) is 9.67 Å². The molecule has 2 aliphatic rings. The number of guanidine groups is 1. The number of aryl methyl sites for hydroxylation is 1. The summed E-state index contributed by atoms with van der Waals surface area (Å²) in [6.07, 6.45) is 7.35. The zero-order valence-electron chi connectivity index (χ0n) is 17.4. The lowest BCUT2D eigenvalue weighted by Crippen LogP contribution is -2.44. The van der Waals surface area contributed by atoms with Gasteiger partial charge in [-0.1, -0.05) is 47.1 Å². The number of hydrogen-bond donors (Lipinski definition) is 1. The number of quaternary nitrogens is 1. The van der Waals surface area contributed by atoms with Gasteiger partial charge in [0.1, 0.15) is 6.21 Å². The molecule has 4 aromatic rings. The largest absolute Gasteiger partial charge is 0.320 e. The van der Waals surface area contributed by atoms with Gasteiger partial charge in [-0.2, -0.15) is 10.1 Å². The Morgan fingerprint density at radius 1 is 0.938 bits per heavy atom. The molecular formula is C25H20N7+. The molecule has 32 heavy (non-hydrogen) atoms. The number of nitrogens with zero attached hydrogens (tertiary/aromatic N) is 6. The predicted octanol–water partition coefficient (Wildman–Crippen LogP) is 4.90. The molecule has 0 aliphatic carbocycles. The Hall–Kier alpha value is -4.36. The Morgan fingerprint density at radius 2 is 1.78 bits per heavy atom. The average Bonchev–Trinajstić information content (AvgIpc) is 3.40. The number of rotatable bonds is 3. The van der Waals surface area contributed by atoms with Gasteiger partial charge in [0, 0.05) is 29.8 Å². The van der Waals surface area contributed by atoms with E-state index in [0.717, 1.165) is 39.2 Å². The average molecular weight is 418 g/mol. The van der Waals surface area contributed by atoms with Crippen molar-refractivity contribution in [3.8, 4) is 11.1 Å². The molecule has 0 bridgehead atoms. The monoisotopic (exact) mass is 418 g/mol. The zero-order valence-corrected chi connectivity index (χ0v) is 17.4. The highest BCUT2D eigenvalue weighted by Crippen LogP contribution is 2.39. The zero-order chi connectivity index (χ0) is 21.5. The summed E-state index contributed by atoms with van der Waals surface area (Å²) in [7, 11) is 1.93. The first-order chi connectivity index (χ1) is 15.7. The SMILES string of the molecule is Cn1ncc2ccc(NC3=N[N+]4(c5ccccc5-c5ccccc5)C=CN=CC4=N3)cc21. The molecule has 1 unspecified atom stereocenters. The molecule has 0 saturated carbocycles. The van der Waals surface area contributed by atoms with Gasteiger partial charge in [-0.25, -0.2) is 0 Å². The third-order valence-corrected chi connectivity index (χ3v) is 5.74. The topological polar surface area (TPSA) is 66.9 Å². The summed E-state index contributed by atoms with van der Waals surface area (Å²) in [5, 5.41) is 13.8. The van der Waals surface area contributed by atoms with Gasteiger partial charge in [-0.05, 0) is 34.9 Å². The maximum atomic E-state index is 5.02. The van der Waals surface area contributed by atoms with E-state index in [9.17, 15) is 0 Å². The fraction of sp³-hybridized carbons (Fsp3) is 0.0400. The van der Waals surface area contributed by atoms with E-state index in [0.29, 0.717) is 5.96 Å². The summed E-state index contributed by atoms with van der Waals surface area (Å²) in [6.45, 7) is 0. The number of fused-ring (bicyclic) bond motifs is 2. The first-order valence-electron chi connectivity index (χ1n) is 10.4. The van der Waals surface area contributed by atoms with Crippen molar-refractivity contribution in [2.24, 2.45) is 22.1 Å². The first kappa shape index (κ1) is 18.4. The summed E-state index contributed by atoms with van der Waals surface area (Å²) in [5.74, 6) is 1.27. The second-order valence-corrected chi connectivity index (χ2v) is 7.71. The standard InChI is InChI=1S/C25H20N7/c1-31-22-15-20(12-11-19(22)16-27-31)28-25-29-24-17-26-13-14-32(24,30-25)23-10-6-5-9-21(23)18-7-3-2-4-8-18/h2-17H,1H3,(H,28,30)/q+1. The van der Waals surface area contributed by atoms with Gasteiger partial charge in [0.2, 0.25) is 0 Å². The third kappa shape index (κ3) is 2.87. The van der Waals surface area contributed by atoms with E-state index in [4.69, 9.17) is 10.1 Å². The molecule has 7 heteroatoms. The second kappa shape index (κ2) is 7.11. The van der Waals surface area contributed by atoms with Crippen LogP contribution in [0.4, 0.5) is 11.4 Å². The number of anilines is 1. The first-order valence-corrected chi connectivity index (χ1v) is 10.4. The van der Waals surface area contributed by atoms with Gasteiger partial charge in [0.25, 0.3) is 11.8 Å². The van der Waals surface area contributed by atoms with Gasteiger partial charge >= 0.3 is 0 Å². The van der Waals surface area contributed by atoms with Gasteiger partial charge < -0.3 is 5.32 Å². The Kier molecular flexibility index (Phi) is 4.09. The highest BCUT2D eigenvalue weighted by Gasteiger charge is 2.44. The lowest BCUT2D eigenvalue weighted by atomic mass is 10.0. The molecule has 154 valence electrons. The van der Waals surface area contributed by atoms with Crippen LogP contribution in [0.15, 0.2) is 106 Å². The molecule has 0 saturated heterocycles. The lowest BCUT2D eigenvalue weighted by molar-refractivity contribution is 0.594. The number of amidine groups is 1. The number of benzene rings is 3. The molecule has 0 radical (unpaired) electrons. The smallest absolute Gasteiger partial charge is 0.287 e. The Bertz CT molecular complexity index is 1460.